The Bertz CT molecular complexity index is 887. The van der Waals surface area contributed by atoms with Gasteiger partial charge in [0.2, 0.25) is 0 Å². The Labute approximate surface area is 173 Å². The topological polar surface area (TPSA) is 49.4 Å². The maximum atomic E-state index is 13.2. The SMILES string of the molecule is CC1(C)SC(=S)N(Cc2ccccc2)C(=O)C1NC(=O)c1ccccc1Cl. The number of benzene rings is 2. The van der Waals surface area contributed by atoms with Gasteiger partial charge in [0.1, 0.15) is 10.4 Å². The highest BCUT2D eigenvalue weighted by Gasteiger charge is 2.46. The highest BCUT2D eigenvalue weighted by Crippen LogP contribution is 2.37. The molecule has 1 aliphatic heterocycles. The Morgan fingerprint density at radius 2 is 1.81 bits per heavy atom. The summed E-state index contributed by atoms with van der Waals surface area (Å²) in [5, 5.41) is 3.20. The molecule has 0 aromatic heterocycles. The Kier molecular flexibility index (Phi) is 5.89. The van der Waals surface area contributed by atoms with Crippen LogP contribution in [0.15, 0.2) is 54.6 Å². The summed E-state index contributed by atoms with van der Waals surface area (Å²) in [4.78, 5) is 27.4. The highest BCUT2D eigenvalue weighted by atomic mass is 35.5. The van der Waals surface area contributed by atoms with Crippen molar-refractivity contribution in [2.24, 2.45) is 0 Å². The first kappa shape index (κ1) is 19.9. The van der Waals surface area contributed by atoms with E-state index in [2.05, 4.69) is 5.32 Å². The normalized spacial score (nSPS) is 19.1. The number of nitrogens with one attached hydrogen (secondary N) is 1. The minimum atomic E-state index is -0.721. The van der Waals surface area contributed by atoms with Crippen LogP contribution in [0, 0.1) is 0 Å². The van der Waals surface area contributed by atoms with Gasteiger partial charge < -0.3 is 5.32 Å². The van der Waals surface area contributed by atoms with Gasteiger partial charge in [-0.3, -0.25) is 14.5 Å². The van der Waals surface area contributed by atoms with Gasteiger partial charge in [-0.15, -0.1) is 0 Å². The monoisotopic (exact) mass is 418 g/mol. The minimum absolute atomic E-state index is 0.215. The van der Waals surface area contributed by atoms with Gasteiger partial charge in [0.15, 0.2) is 0 Å². The molecule has 1 atom stereocenters. The summed E-state index contributed by atoms with van der Waals surface area (Å²) < 4.78 is -0.0600. The molecule has 1 unspecified atom stereocenters. The lowest BCUT2D eigenvalue weighted by Gasteiger charge is -2.42. The number of hydrogen-bond donors (Lipinski definition) is 1. The number of thiocarbonyl (C=S) groups is 1. The van der Waals surface area contributed by atoms with Crippen molar-refractivity contribution >= 4 is 51.7 Å². The summed E-state index contributed by atoms with van der Waals surface area (Å²) >= 11 is 13.0. The van der Waals surface area contributed by atoms with E-state index in [0.29, 0.717) is 21.5 Å². The highest BCUT2D eigenvalue weighted by molar-refractivity contribution is 8.24. The number of carbonyl (C=O) groups excluding carboxylic acids is 2. The van der Waals surface area contributed by atoms with Crippen LogP contribution < -0.4 is 5.32 Å². The molecule has 0 spiro atoms. The van der Waals surface area contributed by atoms with Gasteiger partial charge in [-0.2, -0.15) is 0 Å². The third kappa shape index (κ3) is 4.34. The number of hydrogen-bond acceptors (Lipinski definition) is 4. The van der Waals surface area contributed by atoms with Crippen molar-refractivity contribution < 1.29 is 9.59 Å². The molecule has 140 valence electrons. The zero-order valence-corrected chi connectivity index (χ0v) is 17.3. The van der Waals surface area contributed by atoms with E-state index in [1.807, 2.05) is 44.2 Å². The van der Waals surface area contributed by atoms with Crippen molar-refractivity contribution in [3.8, 4) is 0 Å². The van der Waals surface area contributed by atoms with Gasteiger partial charge in [0, 0.05) is 4.75 Å². The Hall–Kier alpha value is -1.89. The first-order valence-electron chi connectivity index (χ1n) is 8.43. The van der Waals surface area contributed by atoms with E-state index in [0.717, 1.165) is 5.56 Å². The van der Waals surface area contributed by atoms with E-state index in [9.17, 15) is 9.59 Å². The largest absolute Gasteiger partial charge is 0.339 e. The van der Waals surface area contributed by atoms with Crippen molar-refractivity contribution in [2.45, 2.75) is 31.2 Å². The van der Waals surface area contributed by atoms with Crippen molar-refractivity contribution in [2.75, 3.05) is 0 Å². The van der Waals surface area contributed by atoms with Gasteiger partial charge in [-0.1, -0.05) is 78.0 Å². The average molecular weight is 419 g/mol. The Balaban J connectivity index is 1.84. The molecule has 1 saturated heterocycles. The van der Waals surface area contributed by atoms with E-state index in [4.69, 9.17) is 23.8 Å². The van der Waals surface area contributed by atoms with Crippen LogP contribution in [0.4, 0.5) is 0 Å². The van der Waals surface area contributed by atoms with Crippen LogP contribution in [0.1, 0.15) is 29.8 Å². The molecule has 3 rings (SSSR count). The predicted octanol–water partition coefficient (Wildman–Crippen LogP) is 4.28. The lowest BCUT2D eigenvalue weighted by atomic mass is 10.00. The summed E-state index contributed by atoms with van der Waals surface area (Å²) in [5.41, 5.74) is 1.32. The van der Waals surface area contributed by atoms with E-state index in [1.165, 1.54) is 11.8 Å². The third-order valence-corrected chi connectivity index (χ3v) is 6.31. The van der Waals surface area contributed by atoms with Crippen molar-refractivity contribution in [1.82, 2.24) is 10.2 Å². The summed E-state index contributed by atoms with van der Waals surface area (Å²) in [6, 6.07) is 15.7. The first-order chi connectivity index (χ1) is 12.8. The number of halogens is 1. The van der Waals surface area contributed by atoms with Crippen molar-refractivity contribution in [3.63, 3.8) is 0 Å². The number of rotatable bonds is 4. The maximum absolute atomic E-state index is 13.2. The summed E-state index contributed by atoms with van der Waals surface area (Å²) in [5.74, 6) is -0.590. The standard InChI is InChI=1S/C20H19ClN2O2S2/c1-20(2)16(22-17(24)14-10-6-7-11-15(14)21)18(25)23(19(26)27-20)12-13-8-4-3-5-9-13/h3-11,16H,12H2,1-2H3,(H,22,24). The van der Waals surface area contributed by atoms with Gasteiger partial charge in [-0.25, -0.2) is 0 Å². The lowest BCUT2D eigenvalue weighted by Crippen LogP contribution is -2.62. The molecule has 1 heterocycles. The molecule has 0 bridgehead atoms. The quantitative estimate of drug-likeness (QED) is 0.753. The number of nitrogens with zero attached hydrogens (tertiary/aromatic N) is 1. The van der Waals surface area contributed by atoms with Gasteiger partial charge >= 0.3 is 0 Å². The molecule has 2 amide bonds. The molecule has 2 aromatic carbocycles. The van der Waals surface area contributed by atoms with Crippen molar-refractivity contribution in [3.05, 3.63) is 70.7 Å². The summed E-state index contributed by atoms with van der Waals surface area (Å²) in [6.45, 7) is 4.18. The molecular weight excluding hydrogens is 400 g/mol. The smallest absolute Gasteiger partial charge is 0.253 e. The van der Waals surface area contributed by atoms with Crippen LogP contribution >= 0.6 is 35.6 Å². The van der Waals surface area contributed by atoms with E-state index in [-0.39, 0.29) is 11.8 Å². The molecule has 1 aliphatic rings. The number of carbonyl (C=O) groups is 2. The molecule has 1 fully saturated rings. The molecule has 0 aliphatic carbocycles. The second kappa shape index (κ2) is 8.00. The van der Waals surface area contributed by atoms with Crippen LogP contribution in [-0.4, -0.2) is 31.8 Å². The molecular formula is C20H19ClN2O2S2. The molecule has 7 heteroatoms. The van der Waals surface area contributed by atoms with Gasteiger partial charge in [0.25, 0.3) is 11.8 Å². The Morgan fingerprint density at radius 3 is 2.48 bits per heavy atom. The molecule has 0 saturated carbocycles. The van der Waals surface area contributed by atoms with Crippen LogP contribution in [-0.2, 0) is 11.3 Å². The molecule has 0 radical (unpaired) electrons. The molecule has 1 N–H and O–H groups in total. The van der Waals surface area contributed by atoms with Crippen LogP contribution in [0.3, 0.4) is 0 Å². The zero-order valence-electron chi connectivity index (χ0n) is 14.9. The van der Waals surface area contributed by atoms with E-state index in [1.54, 1.807) is 29.2 Å². The fraction of sp³-hybridized carbons (Fsp3) is 0.250. The Morgan fingerprint density at radius 1 is 1.19 bits per heavy atom. The maximum Gasteiger partial charge on any atom is 0.253 e. The second-order valence-electron chi connectivity index (χ2n) is 6.77. The predicted molar refractivity (Wildman–Crippen MR) is 114 cm³/mol. The average Bonchev–Trinajstić information content (AvgIpc) is 2.63. The van der Waals surface area contributed by atoms with Gasteiger partial charge in [-0.05, 0) is 31.5 Å². The van der Waals surface area contributed by atoms with E-state index < -0.39 is 10.8 Å². The zero-order chi connectivity index (χ0) is 19.6. The first-order valence-corrected chi connectivity index (χ1v) is 10.0. The van der Waals surface area contributed by atoms with Crippen molar-refractivity contribution in [1.29, 1.82) is 0 Å². The molecule has 4 nitrogen and oxygen atoms in total. The number of amides is 2. The van der Waals surface area contributed by atoms with Crippen LogP contribution in [0.5, 0.6) is 0 Å². The van der Waals surface area contributed by atoms with E-state index >= 15 is 0 Å². The van der Waals surface area contributed by atoms with Crippen LogP contribution in [0.2, 0.25) is 5.02 Å². The minimum Gasteiger partial charge on any atom is -0.339 e. The van der Waals surface area contributed by atoms with Gasteiger partial charge in [0.05, 0.1) is 17.1 Å². The van der Waals surface area contributed by atoms with Crippen LogP contribution in [0.25, 0.3) is 0 Å². The number of thioether (sulfide) groups is 1. The lowest BCUT2D eigenvalue weighted by molar-refractivity contribution is -0.130. The molecule has 27 heavy (non-hydrogen) atoms. The molecule has 2 aromatic rings. The fourth-order valence-corrected chi connectivity index (χ4v) is 4.89. The fourth-order valence-electron chi connectivity index (χ4n) is 2.88. The summed E-state index contributed by atoms with van der Waals surface area (Å²) in [7, 11) is 0. The third-order valence-electron chi connectivity index (χ3n) is 4.36. The summed E-state index contributed by atoms with van der Waals surface area (Å²) in [6.07, 6.45) is 0. The second-order valence-corrected chi connectivity index (χ2v) is 9.46.